The Morgan fingerprint density at radius 3 is 2.22 bits per heavy atom. The normalized spacial score (nSPS) is 16.8. The number of hydrogen-bond donors (Lipinski definition) is 1. The van der Waals surface area contributed by atoms with Crippen LogP contribution in [0.4, 0.5) is 0 Å². The Bertz CT molecular complexity index is 308. The zero-order chi connectivity index (χ0) is 14.6. The minimum atomic E-state index is -1.27. The SMILES string of the molecule is CC(O)CC(=O)OC(C)(CC(=O)[O-])C[N+](C)(C)C. The Kier molecular flexibility index (Phi) is 5.76. The van der Waals surface area contributed by atoms with Gasteiger partial charge in [0.25, 0.3) is 0 Å². The molecule has 6 nitrogen and oxygen atoms in total. The fourth-order valence-electron chi connectivity index (χ4n) is 1.99. The summed E-state index contributed by atoms with van der Waals surface area (Å²) in [5, 5.41) is 19.8. The molecule has 0 radical (unpaired) electrons. The van der Waals surface area contributed by atoms with Crippen molar-refractivity contribution in [2.24, 2.45) is 0 Å². The second-order valence-corrected chi connectivity index (χ2v) is 5.97. The first-order valence-electron chi connectivity index (χ1n) is 5.84. The van der Waals surface area contributed by atoms with Crippen LogP contribution < -0.4 is 5.11 Å². The molecule has 0 aliphatic heterocycles. The van der Waals surface area contributed by atoms with E-state index in [4.69, 9.17) is 9.84 Å². The second-order valence-electron chi connectivity index (χ2n) is 5.97. The smallest absolute Gasteiger partial charge is 0.309 e. The number of carboxylic acid groups (broad SMARTS) is 1. The molecule has 0 amide bonds. The Hall–Kier alpha value is -1.14. The lowest BCUT2D eigenvalue weighted by Gasteiger charge is -2.36. The quantitative estimate of drug-likeness (QED) is 0.464. The minimum absolute atomic E-state index is 0.153. The van der Waals surface area contributed by atoms with Crippen LogP contribution in [0.3, 0.4) is 0 Å². The Balaban J connectivity index is 4.76. The number of rotatable bonds is 7. The summed E-state index contributed by atoms with van der Waals surface area (Å²) in [7, 11) is 5.61. The molecule has 0 aliphatic rings. The molecule has 0 aliphatic carbocycles. The van der Waals surface area contributed by atoms with E-state index in [1.54, 1.807) is 6.92 Å². The van der Waals surface area contributed by atoms with E-state index in [1.807, 2.05) is 21.1 Å². The van der Waals surface area contributed by atoms with Crippen LogP contribution in [0, 0.1) is 0 Å². The number of carboxylic acids is 1. The maximum Gasteiger partial charge on any atom is 0.309 e. The number of esters is 1. The predicted octanol–water partition coefficient (Wildman–Crippen LogP) is -1.09. The highest BCUT2D eigenvalue weighted by Crippen LogP contribution is 2.19. The average Bonchev–Trinajstić information content (AvgIpc) is 1.92. The molecule has 0 aromatic carbocycles. The third-order valence-electron chi connectivity index (χ3n) is 2.15. The highest BCUT2D eigenvalue weighted by atomic mass is 16.6. The number of carbonyl (C=O) groups is 2. The maximum absolute atomic E-state index is 11.5. The van der Waals surface area contributed by atoms with Crippen molar-refractivity contribution in [1.29, 1.82) is 0 Å². The van der Waals surface area contributed by atoms with Crippen molar-refractivity contribution < 1.29 is 29.0 Å². The third kappa shape index (κ3) is 8.03. The van der Waals surface area contributed by atoms with Gasteiger partial charge >= 0.3 is 5.97 Å². The Morgan fingerprint density at radius 2 is 1.89 bits per heavy atom. The number of carbonyl (C=O) groups excluding carboxylic acids is 2. The zero-order valence-corrected chi connectivity index (χ0v) is 11.7. The van der Waals surface area contributed by atoms with Crippen LogP contribution in [0.15, 0.2) is 0 Å². The molecule has 0 saturated heterocycles. The van der Waals surface area contributed by atoms with Crippen LogP contribution in [0.1, 0.15) is 26.7 Å². The van der Waals surface area contributed by atoms with Crippen molar-refractivity contribution in [2.45, 2.75) is 38.4 Å². The molecule has 1 N–H and O–H groups in total. The molecule has 2 atom stereocenters. The van der Waals surface area contributed by atoms with Gasteiger partial charge in [-0.25, -0.2) is 0 Å². The number of likely N-dealkylation sites (N-methyl/N-ethyl adjacent to an activating group) is 1. The van der Waals surface area contributed by atoms with Gasteiger partial charge < -0.3 is 24.2 Å². The van der Waals surface area contributed by atoms with Crippen LogP contribution >= 0.6 is 0 Å². The zero-order valence-electron chi connectivity index (χ0n) is 11.7. The summed E-state index contributed by atoms with van der Waals surface area (Å²) in [6.45, 7) is 3.37. The van der Waals surface area contributed by atoms with E-state index in [0.717, 1.165) is 0 Å². The van der Waals surface area contributed by atoms with Gasteiger partial charge in [-0.15, -0.1) is 0 Å². The molecule has 0 aromatic heterocycles. The van der Waals surface area contributed by atoms with E-state index in [1.165, 1.54) is 6.92 Å². The number of hydrogen-bond acceptors (Lipinski definition) is 5. The molecular formula is C12H23NO5. The summed E-state index contributed by atoms with van der Waals surface area (Å²) in [6, 6.07) is 0. The number of ether oxygens (including phenoxy) is 1. The number of aliphatic carboxylic acids is 1. The van der Waals surface area contributed by atoms with Gasteiger partial charge in [-0.3, -0.25) is 4.79 Å². The van der Waals surface area contributed by atoms with Crippen LogP contribution in [0.5, 0.6) is 0 Å². The van der Waals surface area contributed by atoms with E-state index in [2.05, 4.69) is 0 Å². The third-order valence-corrected chi connectivity index (χ3v) is 2.15. The van der Waals surface area contributed by atoms with Gasteiger partial charge in [-0.2, -0.15) is 0 Å². The summed E-state index contributed by atoms with van der Waals surface area (Å²) >= 11 is 0. The maximum atomic E-state index is 11.5. The van der Waals surface area contributed by atoms with Gasteiger partial charge in [-0.1, -0.05) is 0 Å². The van der Waals surface area contributed by atoms with Crippen molar-refractivity contribution in [2.75, 3.05) is 27.7 Å². The minimum Gasteiger partial charge on any atom is -0.550 e. The van der Waals surface area contributed by atoms with Gasteiger partial charge in [0.2, 0.25) is 0 Å². The van der Waals surface area contributed by atoms with Gasteiger partial charge in [-0.05, 0) is 13.8 Å². The monoisotopic (exact) mass is 261 g/mol. The van der Waals surface area contributed by atoms with Crippen LogP contribution in [0.25, 0.3) is 0 Å². The number of aliphatic hydroxyl groups excluding tert-OH is 1. The Labute approximate surface area is 108 Å². The van der Waals surface area contributed by atoms with E-state index in [-0.39, 0.29) is 12.8 Å². The molecule has 0 saturated carbocycles. The standard InChI is InChI=1S/C12H23NO5/c1-9(14)6-11(17)18-12(2,7-10(15)16)8-13(3,4)5/h9,14H,6-8H2,1-5H3. The molecular weight excluding hydrogens is 238 g/mol. The molecule has 0 heterocycles. The fraction of sp³-hybridized carbons (Fsp3) is 0.833. The van der Waals surface area contributed by atoms with Crippen LogP contribution in [-0.2, 0) is 14.3 Å². The van der Waals surface area contributed by atoms with Gasteiger partial charge in [0.1, 0.15) is 6.54 Å². The summed E-state index contributed by atoms with van der Waals surface area (Å²) in [5.41, 5.74) is -1.14. The van der Waals surface area contributed by atoms with Crippen molar-refractivity contribution in [3.05, 3.63) is 0 Å². The molecule has 0 rings (SSSR count). The first-order chi connectivity index (χ1) is 7.93. The largest absolute Gasteiger partial charge is 0.550 e. The van der Waals surface area contributed by atoms with Crippen molar-refractivity contribution in [3.63, 3.8) is 0 Å². The predicted molar refractivity (Wildman–Crippen MR) is 63.3 cm³/mol. The van der Waals surface area contributed by atoms with E-state index in [9.17, 15) is 14.7 Å². The fourth-order valence-corrected chi connectivity index (χ4v) is 1.99. The van der Waals surface area contributed by atoms with Gasteiger partial charge in [0, 0.05) is 12.4 Å². The van der Waals surface area contributed by atoms with Crippen molar-refractivity contribution in [3.8, 4) is 0 Å². The Morgan fingerprint density at radius 1 is 1.39 bits per heavy atom. The summed E-state index contributed by atoms with van der Waals surface area (Å²) in [5.74, 6) is -1.88. The molecule has 106 valence electrons. The molecule has 6 heteroatoms. The number of nitrogens with zero attached hydrogens (tertiary/aromatic N) is 1. The highest BCUT2D eigenvalue weighted by Gasteiger charge is 2.35. The van der Waals surface area contributed by atoms with Crippen LogP contribution in [-0.4, -0.2) is 60.9 Å². The first kappa shape index (κ1) is 16.9. The van der Waals surface area contributed by atoms with E-state index < -0.39 is 23.6 Å². The average molecular weight is 261 g/mol. The summed E-state index contributed by atoms with van der Waals surface area (Å²) < 4.78 is 5.65. The van der Waals surface area contributed by atoms with Gasteiger partial charge in [0.05, 0.1) is 33.7 Å². The van der Waals surface area contributed by atoms with Crippen LogP contribution in [0.2, 0.25) is 0 Å². The number of quaternary nitrogens is 1. The van der Waals surface area contributed by atoms with Gasteiger partial charge in [0.15, 0.2) is 5.60 Å². The highest BCUT2D eigenvalue weighted by molar-refractivity contribution is 5.72. The molecule has 2 unspecified atom stereocenters. The summed E-state index contributed by atoms with van der Waals surface area (Å²) in [4.78, 5) is 22.3. The lowest BCUT2D eigenvalue weighted by Crippen LogP contribution is -2.52. The van der Waals surface area contributed by atoms with Crippen molar-refractivity contribution in [1.82, 2.24) is 0 Å². The van der Waals surface area contributed by atoms with Crippen molar-refractivity contribution >= 4 is 11.9 Å². The molecule has 0 fully saturated rings. The molecule has 18 heavy (non-hydrogen) atoms. The second kappa shape index (κ2) is 6.15. The number of aliphatic hydroxyl groups is 1. The first-order valence-corrected chi connectivity index (χ1v) is 5.84. The molecule has 0 bridgehead atoms. The van der Waals surface area contributed by atoms with E-state index >= 15 is 0 Å². The van der Waals surface area contributed by atoms with E-state index in [0.29, 0.717) is 11.0 Å². The lowest BCUT2D eigenvalue weighted by atomic mass is 10.0. The summed E-state index contributed by atoms with van der Waals surface area (Å²) in [6.07, 6.45) is -1.33. The molecule has 0 spiro atoms. The molecule has 0 aromatic rings. The lowest BCUT2D eigenvalue weighted by molar-refractivity contribution is -0.876. The topological polar surface area (TPSA) is 86.7 Å².